The monoisotopic (exact) mass is 286 g/mol. The average Bonchev–Trinajstić information content (AvgIpc) is 1.99. The van der Waals surface area contributed by atoms with E-state index in [1.54, 1.807) is 0 Å². The number of hydrogen-bond donors (Lipinski definition) is 1. The van der Waals surface area contributed by atoms with Crippen LogP contribution in [-0.4, -0.2) is 17.4 Å². The summed E-state index contributed by atoms with van der Waals surface area (Å²) in [6.45, 7) is 0. The van der Waals surface area contributed by atoms with Crippen LogP contribution in [0.25, 0.3) is 0 Å². The van der Waals surface area contributed by atoms with Gasteiger partial charge in [0.15, 0.2) is 6.10 Å². The van der Waals surface area contributed by atoms with Crippen LogP contribution in [0, 0.1) is 5.82 Å². The van der Waals surface area contributed by atoms with Gasteiger partial charge in [-0.3, -0.25) is 0 Å². The van der Waals surface area contributed by atoms with Crippen LogP contribution >= 0.6 is 15.9 Å². The van der Waals surface area contributed by atoms with Crippen molar-refractivity contribution in [3.05, 3.63) is 34.1 Å². The van der Waals surface area contributed by atoms with E-state index in [9.17, 15) is 17.6 Å². The molecule has 0 saturated carbocycles. The van der Waals surface area contributed by atoms with Crippen LogP contribution in [0.15, 0.2) is 22.7 Å². The summed E-state index contributed by atoms with van der Waals surface area (Å²) >= 11 is 2.95. The molecule has 0 spiro atoms. The molecule has 1 atom stereocenters. The number of rotatable bonds is 2. The van der Waals surface area contributed by atoms with Gasteiger partial charge in [-0.25, -0.2) is 4.39 Å². The Labute approximate surface area is 91.9 Å². The molecular formula is C9H7BrF4O. The van der Waals surface area contributed by atoms with E-state index in [2.05, 4.69) is 15.9 Å². The topological polar surface area (TPSA) is 20.2 Å². The molecule has 0 amide bonds. The second-order valence-corrected chi connectivity index (χ2v) is 3.95. The highest BCUT2D eigenvalue weighted by Gasteiger charge is 2.38. The first-order chi connectivity index (χ1) is 6.79. The van der Waals surface area contributed by atoms with Crippen LogP contribution in [-0.2, 0) is 6.42 Å². The van der Waals surface area contributed by atoms with Crippen molar-refractivity contribution in [2.24, 2.45) is 0 Å². The molecule has 15 heavy (non-hydrogen) atoms. The second kappa shape index (κ2) is 4.49. The van der Waals surface area contributed by atoms with Crippen LogP contribution in [0.2, 0.25) is 0 Å². The minimum atomic E-state index is -4.68. The Morgan fingerprint density at radius 1 is 1.27 bits per heavy atom. The Bertz CT molecular complexity index is 330. The molecule has 0 aliphatic carbocycles. The van der Waals surface area contributed by atoms with E-state index < -0.39 is 24.5 Å². The third kappa shape index (κ3) is 3.79. The molecule has 0 aromatic heterocycles. The van der Waals surface area contributed by atoms with Crippen molar-refractivity contribution in [3.8, 4) is 0 Å². The van der Waals surface area contributed by atoms with Gasteiger partial charge in [0.1, 0.15) is 5.82 Å². The van der Waals surface area contributed by atoms with Gasteiger partial charge in [0, 0.05) is 10.9 Å². The number of halogens is 5. The highest BCUT2D eigenvalue weighted by atomic mass is 79.9. The molecule has 0 unspecified atom stereocenters. The first-order valence-electron chi connectivity index (χ1n) is 3.99. The molecule has 6 heteroatoms. The molecule has 1 rings (SSSR count). The SMILES string of the molecule is O[C@@H](Cc1cc(F)cc(Br)c1)C(F)(F)F. The standard InChI is InChI=1S/C9H7BrF4O/c10-6-1-5(2-7(11)4-6)3-8(15)9(12,13)14/h1-2,4,8,15H,3H2/t8-/m0/s1. The molecule has 1 aromatic carbocycles. The number of aliphatic hydroxyl groups is 1. The van der Waals surface area contributed by atoms with E-state index >= 15 is 0 Å². The van der Waals surface area contributed by atoms with Gasteiger partial charge in [-0.05, 0) is 23.8 Å². The Morgan fingerprint density at radius 2 is 1.87 bits per heavy atom. The summed E-state index contributed by atoms with van der Waals surface area (Å²) in [6.07, 6.45) is -7.80. The average molecular weight is 287 g/mol. The van der Waals surface area contributed by atoms with Gasteiger partial charge in [-0.1, -0.05) is 15.9 Å². The first-order valence-corrected chi connectivity index (χ1v) is 4.78. The highest BCUT2D eigenvalue weighted by Crippen LogP contribution is 2.24. The number of aliphatic hydroxyl groups excluding tert-OH is 1. The van der Waals surface area contributed by atoms with Crippen molar-refractivity contribution in [1.29, 1.82) is 0 Å². The van der Waals surface area contributed by atoms with Gasteiger partial charge in [0.25, 0.3) is 0 Å². The Morgan fingerprint density at radius 3 is 2.33 bits per heavy atom. The van der Waals surface area contributed by atoms with Crippen LogP contribution in [0.1, 0.15) is 5.56 Å². The molecule has 84 valence electrons. The normalized spacial score (nSPS) is 14.0. The smallest absolute Gasteiger partial charge is 0.383 e. The minimum Gasteiger partial charge on any atom is -0.383 e. The lowest BCUT2D eigenvalue weighted by molar-refractivity contribution is -0.203. The molecule has 0 radical (unpaired) electrons. The maximum absolute atomic E-state index is 12.8. The van der Waals surface area contributed by atoms with Crippen molar-refractivity contribution in [3.63, 3.8) is 0 Å². The Balaban J connectivity index is 2.81. The summed E-state index contributed by atoms with van der Waals surface area (Å²) < 4.78 is 49.1. The van der Waals surface area contributed by atoms with Crippen LogP contribution < -0.4 is 0 Å². The van der Waals surface area contributed by atoms with Crippen molar-refractivity contribution in [2.45, 2.75) is 18.7 Å². The zero-order chi connectivity index (χ0) is 11.6. The van der Waals surface area contributed by atoms with Crippen molar-refractivity contribution in [2.75, 3.05) is 0 Å². The van der Waals surface area contributed by atoms with Crippen LogP contribution in [0.5, 0.6) is 0 Å². The largest absolute Gasteiger partial charge is 0.414 e. The molecule has 0 bridgehead atoms. The van der Waals surface area contributed by atoms with Crippen LogP contribution in [0.4, 0.5) is 17.6 Å². The lowest BCUT2D eigenvalue weighted by Gasteiger charge is -2.14. The van der Waals surface area contributed by atoms with E-state index in [4.69, 9.17) is 5.11 Å². The molecule has 0 saturated heterocycles. The van der Waals surface area contributed by atoms with Crippen molar-refractivity contribution >= 4 is 15.9 Å². The van der Waals surface area contributed by atoms with Gasteiger partial charge >= 0.3 is 6.18 Å². The number of benzene rings is 1. The summed E-state index contributed by atoms with van der Waals surface area (Å²) in [5.41, 5.74) is 0.0895. The Kier molecular flexibility index (Phi) is 3.72. The summed E-state index contributed by atoms with van der Waals surface area (Å²) in [7, 11) is 0. The number of alkyl halides is 3. The fraction of sp³-hybridized carbons (Fsp3) is 0.333. The third-order valence-corrected chi connectivity index (χ3v) is 2.19. The Hall–Kier alpha value is -0.620. The molecule has 0 heterocycles. The lowest BCUT2D eigenvalue weighted by Crippen LogP contribution is -2.30. The highest BCUT2D eigenvalue weighted by molar-refractivity contribution is 9.10. The molecule has 1 nitrogen and oxygen atoms in total. The van der Waals surface area contributed by atoms with Gasteiger partial charge < -0.3 is 5.11 Å². The lowest BCUT2D eigenvalue weighted by atomic mass is 10.1. The molecule has 0 aliphatic heterocycles. The molecule has 1 aromatic rings. The summed E-state index contributed by atoms with van der Waals surface area (Å²) in [6, 6.07) is 3.42. The molecule has 0 aliphatic rings. The molecule has 0 fully saturated rings. The van der Waals surface area contributed by atoms with E-state index in [1.165, 1.54) is 6.07 Å². The second-order valence-electron chi connectivity index (χ2n) is 3.04. The zero-order valence-electron chi connectivity index (χ0n) is 7.35. The van der Waals surface area contributed by atoms with E-state index in [0.29, 0.717) is 4.47 Å². The number of hydrogen-bond acceptors (Lipinski definition) is 1. The van der Waals surface area contributed by atoms with E-state index in [-0.39, 0.29) is 5.56 Å². The fourth-order valence-electron chi connectivity index (χ4n) is 1.07. The van der Waals surface area contributed by atoms with Gasteiger partial charge in [0.2, 0.25) is 0 Å². The van der Waals surface area contributed by atoms with Crippen LogP contribution in [0.3, 0.4) is 0 Å². The molecule has 1 N–H and O–H groups in total. The zero-order valence-corrected chi connectivity index (χ0v) is 8.94. The molecular weight excluding hydrogens is 280 g/mol. The minimum absolute atomic E-state index is 0.0895. The maximum Gasteiger partial charge on any atom is 0.414 e. The summed E-state index contributed by atoms with van der Waals surface area (Å²) in [4.78, 5) is 0. The van der Waals surface area contributed by atoms with Crippen molar-refractivity contribution in [1.82, 2.24) is 0 Å². The van der Waals surface area contributed by atoms with Gasteiger partial charge in [-0.2, -0.15) is 13.2 Å². The van der Waals surface area contributed by atoms with Gasteiger partial charge in [0.05, 0.1) is 0 Å². The summed E-state index contributed by atoms with van der Waals surface area (Å²) in [5.74, 6) is -0.645. The van der Waals surface area contributed by atoms with E-state index in [1.807, 2.05) is 0 Å². The van der Waals surface area contributed by atoms with Gasteiger partial charge in [-0.15, -0.1) is 0 Å². The third-order valence-electron chi connectivity index (χ3n) is 1.73. The maximum atomic E-state index is 12.8. The fourth-order valence-corrected chi connectivity index (χ4v) is 1.58. The van der Waals surface area contributed by atoms with Crippen molar-refractivity contribution < 1.29 is 22.7 Å². The predicted molar refractivity (Wildman–Crippen MR) is 49.9 cm³/mol. The summed E-state index contributed by atoms with van der Waals surface area (Å²) in [5, 5.41) is 8.76. The van der Waals surface area contributed by atoms with E-state index in [0.717, 1.165) is 12.1 Å². The first kappa shape index (κ1) is 12.4. The predicted octanol–water partition coefficient (Wildman–Crippen LogP) is 3.05. The quantitative estimate of drug-likeness (QED) is 0.829.